The van der Waals surface area contributed by atoms with E-state index < -0.39 is 0 Å². The zero-order valence-electron chi connectivity index (χ0n) is 14.3. The Morgan fingerprint density at radius 3 is 2.68 bits per heavy atom. The summed E-state index contributed by atoms with van der Waals surface area (Å²) in [6, 6.07) is 1.98. The highest BCUT2D eigenvalue weighted by atomic mass is 35.5. The van der Waals surface area contributed by atoms with Crippen LogP contribution in [-0.4, -0.2) is 74.8 Å². The van der Waals surface area contributed by atoms with Gasteiger partial charge < -0.3 is 24.4 Å². The van der Waals surface area contributed by atoms with Crippen molar-refractivity contribution in [2.75, 3.05) is 54.5 Å². The van der Waals surface area contributed by atoms with E-state index in [1.807, 2.05) is 30.9 Å². The van der Waals surface area contributed by atoms with Gasteiger partial charge in [0.15, 0.2) is 5.96 Å². The van der Waals surface area contributed by atoms with Gasteiger partial charge in [0.2, 0.25) is 0 Å². The summed E-state index contributed by atoms with van der Waals surface area (Å²) in [5.41, 5.74) is 1.15. The Morgan fingerprint density at radius 2 is 2.14 bits per heavy atom. The van der Waals surface area contributed by atoms with E-state index in [0.717, 1.165) is 49.5 Å². The van der Waals surface area contributed by atoms with E-state index >= 15 is 0 Å². The highest BCUT2D eigenvalue weighted by Crippen LogP contribution is 2.14. The van der Waals surface area contributed by atoms with E-state index in [9.17, 15) is 0 Å². The maximum atomic E-state index is 6.02. The minimum Gasteiger partial charge on any atom is -0.383 e. The molecule has 1 aromatic rings. The van der Waals surface area contributed by atoms with Crippen molar-refractivity contribution >= 4 is 17.6 Å². The first-order valence-electron chi connectivity index (χ1n) is 7.38. The molecule has 0 amide bonds. The van der Waals surface area contributed by atoms with Gasteiger partial charge in [-0.1, -0.05) is 11.6 Å². The van der Waals surface area contributed by atoms with Crippen molar-refractivity contribution in [1.82, 2.24) is 19.7 Å². The van der Waals surface area contributed by atoms with Crippen molar-refractivity contribution in [3.8, 4) is 0 Å². The third-order valence-electron chi connectivity index (χ3n) is 3.50. The Balaban J connectivity index is 2.42. The third-order valence-corrected chi connectivity index (χ3v) is 3.71. The molecule has 0 aliphatic carbocycles. The van der Waals surface area contributed by atoms with Crippen LogP contribution in [-0.2, 0) is 18.3 Å². The van der Waals surface area contributed by atoms with Crippen molar-refractivity contribution in [2.24, 2.45) is 12.0 Å². The molecular weight excluding hydrogens is 302 g/mol. The van der Waals surface area contributed by atoms with E-state index in [-0.39, 0.29) is 0 Å². The molecule has 1 aromatic heterocycles. The van der Waals surface area contributed by atoms with Crippen molar-refractivity contribution in [1.29, 1.82) is 0 Å². The minimum absolute atomic E-state index is 0.749. The fourth-order valence-electron chi connectivity index (χ4n) is 2.14. The van der Waals surface area contributed by atoms with E-state index in [4.69, 9.17) is 16.3 Å². The Kier molecular flexibility index (Phi) is 8.30. The van der Waals surface area contributed by atoms with Crippen LogP contribution in [0.3, 0.4) is 0 Å². The van der Waals surface area contributed by atoms with E-state index in [0.29, 0.717) is 0 Å². The van der Waals surface area contributed by atoms with Crippen molar-refractivity contribution in [3.63, 3.8) is 0 Å². The summed E-state index contributed by atoms with van der Waals surface area (Å²) in [6.07, 6.45) is 1.91. The molecule has 0 radical (unpaired) electrons. The zero-order chi connectivity index (χ0) is 16.5. The first-order chi connectivity index (χ1) is 10.5. The number of rotatable bonds is 8. The molecular formula is C15H28ClN5O. The summed E-state index contributed by atoms with van der Waals surface area (Å²) in [5.74, 6) is 0.873. The molecule has 0 spiro atoms. The Morgan fingerprint density at radius 1 is 1.41 bits per heavy atom. The number of aryl methyl sites for hydroxylation is 1. The second kappa shape index (κ2) is 9.71. The predicted octanol–water partition coefficient (Wildman–Crippen LogP) is 1.26. The van der Waals surface area contributed by atoms with Gasteiger partial charge in [-0.2, -0.15) is 0 Å². The molecule has 0 saturated carbocycles. The van der Waals surface area contributed by atoms with Crippen LogP contribution in [0.2, 0.25) is 5.02 Å². The average molecular weight is 330 g/mol. The molecule has 0 aliphatic heterocycles. The van der Waals surface area contributed by atoms with Gasteiger partial charge in [0.25, 0.3) is 0 Å². The lowest BCUT2D eigenvalue weighted by atomic mass is 10.4. The van der Waals surface area contributed by atoms with Crippen LogP contribution in [0.25, 0.3) is 0 Å². The normalized spacial score (nSPS) is 12.0. The number of hydrogen-bond acceptors (Lipinski definition) is 3. The molecule has 0 unspecified atom stereocenters. The largest absolute Gasteiger partial charge is 0.383 e. The lowest BCUT2D eigenvalue weighted by molar-refractivity contribution is 0.162. The van der Waals surface area contributed by atoms with Crippen molar-refractivity contribution in [2.45, 2.75) is 6.54 Å². The Hall–Kier alpha value is -1.24. The van der Waals surface area contributed by atoms with Gasteiger partial charge in [-0.05, 0) is 13.1 Å². The summed E-state index contributed by atoms with van der Waals surface area (Å²) < 4.78 is 7.10. The minimum atomic E-state index is 0.749. The van der Waals surface area contributed by atoms with E-state index in [1.54, 1.807) is 14.2 Å². The summed E-state index contributed by atoms with van der Waals surface area (Å²) in [5, 5.41) is 4.13. The number of nitrogens with one attached hydrogen (secondary N) is 1. The molecule has 0 aromatic carbocycles. The highest BCUT2D eigenvalue weighted by molar-refractivity contribution is 6.30. The second-order valence-electron chi connectivity index (χ2n) is 5.39. The van der Waals surface area contributed by atoms with Crippen LogP contribution in [0.4, 0.5) is 0 Å². The SMILES string of the molecule is CN=C(NCCN(C)CCOC)N(C)Cc1cc(Cl)cn1C. The number of aromatic nitrogens is 1. The van der Waals surface area contributed by atoms with Gasteiger partial charge in [0.1, 0.15) is 0 Å². The topological polar surface area (TPSA) is 45.0 Å². The molecule has 1 N–H and O–H groups in total. The van der Waals surface area contributed by atoms with Crippen LogP contribution in [0.15, 0.2) is 17.3 Å². The van der Waals surface area contributed by atoms with Gasteiger partial charge in [-0.25, -0.2) is 0 Å². The van der Waals surface area contributed by atoms with Gasteiger partial charge in [-0.3, -0.25) is 4.99 Å². The molecule has 1 rings (SSSR count). The molecule has 126 valence electrons. The molecule has 0 atom stereocenters. The molecule has 1 heterocycles. The quantitative estimate of drug-likeness (QED) is 0.576. The standard InChI is InChI=1S/C15H28ClN5O/c1-17-15(18-6-7-19(2)8-9-22-5)21(4)12-14-10-13(16)11-20(14)3/h10-11H,6-9,12H2,1-5H3,(H,17,18). The number of ether oxygens (including phenoxy) is 1. The molecule has 7 heteroatoms. The van der Waals surface area contributed by atoms with Gasteiger partial charge in [0.05, 0.1) is 18.2 Å². The van der Waals surface area contributed by atoms with Gasteiger partial charge in [0, 0.05) is 59.8 Å². The molecule has 0 fully saturated rings. The fourth-order valence-corrected chi connectivity index (χ4v) is 2.42. The molecule has 0 aliphatic rings. The van der Waals surface area contributed by atoms with Crippen molar-refractivity contribution < 1.29 is 4.74 Å². The molecule has 0 saturated heterocycles. The summed E-state index contributed by atoms with van der Waals surface area (Å²) in [6.45, 7) is 4.20. The fraction of sp³-hybridized carbons (Fsp3) is 0.667. The zero-order valence-corrected chi connectivity index (χ0v) is 15.0. The molecule has 0 bridgehead atoms. The lowest BCUT2D eigenvalue weighted by Crippen LogP contribution is -2.42. The Bertz CT molecular complexity index is 474. The highest BCUT2D eigenvalue weighted by Gasteiger charge is 2.09. The van der Waals surface area contributed by atoms with Crippen LogP contribution in [0.5, 0.6) is 0 Å². The first-order valence-corrected chi connectivity index (χ1v) is 7.75. The van der Waals surface area contributed by atoms with Gasteiger partial charge >= 0.3 is 0 Å². The number of likely N-dealkylation sites (N-methyl/N-ethyl adjacent to an activating group) is 1. The smallest absolute Gasteiger partial charge is 0.193 e. The van der Waals surface area contributed by atoms with Crippen LogP contribution in [0, 0.1) is 0 Å². The Labute approximate surface area is 138 Å². The average Bonchev–Trinajstić information content (AvgIpc) is 2.79. The first kappa shape index (κ1) is 18.8. The van der Waals surface area contributed by atoms with Crippen LogP contribution in [0.1, 0.15) is 5.69 Å². The number of nitrogens with zero attached hydrogens (tertiary/aromatic N) is 4. The molecule has 6 nitrogen and oxygen atoms in total. The molecule has 22 heavy (non-hydrogen) atoms. The number of aliphatic imine (C=N–C) groups is 1. The monoisotopic (exact) mass is 329 g/mol. The van der Waals surface area contributed by atoms with Crippen LogP contribution >= 0.6 is 11.6 Å². The maximum absolute atomic E-state index is 6.02. The summed E-state index contributed by atoms with van der Waals surface area (Å²) in [7, 11) is 9.62. The lowest BCUT2D eigenvalue weighted by Gasteiger charge is -2.23. The van der Waals surface area contributed by atoms with Crippen LogP contribution < -0.4 is 5.32 Å². The van der Waals surface area contributed by atoms with E-state index in [1.165, 1.54) is 0 Å². The number of guanidine groups is 1. The summed E-state index contributed by atoms with van der Waals surface area (Å²) in [4.78, 5) is 8.63. The second-order valence-corrected chi connectivity index (χ2v) is 5.82. The van der Waals surface area contributed by atoms with Crippen molar-refractivity contribution in [3.05, 3.63) is 23.0 Å². The maximum Gasteiger partial charge on any atom is 0.193 e. The number of methoxy groups -OCH3 is 1. The third kappa shape index (κ3) is 6.25. The predicted molar refractivity (Wildman–Crippen MR) is 92.6 cm³/mol. The summed E-state index contributed by atoms with van der Waals surface area (Å²) >= 11 is 6.02. The number of halogens is 1. The number of hydrogen-bond donors (Lipinski definition) is 1. The van der Waals surface area contributed by atoms with E-state index in [2.05, 4.69) is 27.2 Å². The van der Waals surface area contributed by atoms with Gasteiger partial charge in [-0.15, -0.1) is 0 Å².